The van der Waals surface area contributed by atoms with Gasteiger partial charge in [0.25, 0.3) is 0 Å². The molecule has 0 heterocycles. The molecule has 1 atom stereocenters. The van der Waals surface area contributed by atoms with Crippen molar-refractivity contribution >= 4 is 12.4 Å². The Morgan fingerprint density at radius 1 is 1.33 bits per heavy atom. The van der Waals surface area contributed by atoms with Gasteiger partial charge in [0, 0.05) is 6.04 Å². The Hall–Kier alpha value is 0.210. The third-order valence-electron chi connectivity index (χ3n) is 1.49. The van der Waals surface area contributed by atoms with Crippen LogP contribution in [0.1, 0.15) is 27.7 Å². The Labute approximate surface area is 63.0 Å². The van der Waals surface area contributed by atoms with Crippen molar-refractivity contribution < 1.29 is 5.21 Å². The van der Waals surface area contributed by atoms with E-state index in [2.05, 4.69) is 26.3 Å². The van der Waals surface area contributed by atoms with E-state index >= 15 is 0 Å². The molecule has 0 aromatic heterocycles. The average molecular weight is 154 g/mol. The molecule has 0 aliphatic heterocycles. The maximum Gasteiger partial charge on any atom is 0.0339 e. The van der Waals surface area contributed by atoms with Crippen LogP contribution in [0.3, 0.4) is 0 Å². The molecule has 0 aromatic rings. The normalized spacial score (nSPS) is 14.3. The van der Waals surface area contributed by atoms with Crippen molar-refractivity contribution in [1.29, 1.82) is 0 Å². The van der Waals surface area contributed by atoms with Crippen molar-refractivity contribution in [2.75, 3.05) is 0 Å². The number of hydrogen-bond donors (Lipinski definition) is 2. The summed E-state index contributed by atoms with van der Waals surface area (Å²) >= 11 is 0. The molecule has 1 unspecified atom stereocenters. The zero-order valence-corrected chi connectivity index (χ0v) is 7.25. The van der Waals surface area contributed by atoms with Gasteiger partial charge in [0.05, 0.1) is 0 Å². The molecule has 0 radical (unpaired) electrons. The van der Waals surface area contributed by atoms with E-state index in [0.29, 0.717) is 0 Å². The van der Waals surface area contributed by atoms with Crippen LogP contribution in [0.4, 0.5) is 0 Å². The molecule has 0 bridgehead atoms. The van der Waals surface area contributed by atoms with Crippen molar-refractivity contribution in [3.8, 4) is 0 Å². The predicted octanol–water partition coefficient (Wildman–Crippen LogP) is 1.82. The van der Waals surface area contributed by atoms with Crippen molar-refractivity contribution in [2.24, 2.45) is 5.41 Å². The van der Waals surface area contributed by atoms with E-state index in [9.17, 15) is 0 Å². The van der Waals surface area contributed by atoms with Crippen LogP contribution in [0.15, 0.2) is 0 Å². The highest BCUT2D eigenvalue weighted by Gasteiger charge is 2.18. The number of hydroxylamine groups is 1. The van der Waals surface area contributed by atoms with Crippen LogP contribution in [-0.4, -0.2) is 11.2 Å². The van der Waals surface area contributed by atoms with Gasteiger partial charge in [0.1, 0.15) is 0 Å². The minimum absolute atomic E-state index is 0. The number of nitrogens with one attached hydrogen (secondary N) is 1. The first-order chi connectivity index (χ1) is 3.48. The minimum Gasteiger partial charge on any atom is -0.317 e. The van der Waals surface area contributed by atoms with E-state index in [1.54, 1.807) is 0 Å². The lowest BCUT2D eigenvalue weighted by Crippen LogP contribution is -2.35. The third kappa shape index (κ3) is 4.70. The molecule has 0 saturated heterocycles. The van der Waals surface area contributed by atoms with E-state index in [4.69, 9.17) is 5.21 Å². The second-order valence-electron chi connectivity index (χ2n) is 3.22. The fraction of sp³-hybridized carbons (Fsp3) is 1.00. The molecule has 0 aliphatic rings. The van der Waals surface area contributed by atoms with Gasteiger partial charge in [-0.3, -0.25) is 0 Å². The van der Waals surface area contributed by atoms with Crippen molar-refractivity contribution in [2.45, 2.75) is 33.7 Å². The predicted molar refractivity (Wildman–Crippen MR) is 41.1 cm³/mol. The lowest BCUT2D eigenvalue weighted by atomic mass is 9.89. The summed E-state index contributed by atoms with van der Waals surface area (Å²) in [5.74, 6) is 0. The first-order valence-electron chi connectivity index (χ1n) is 2.88. The van der Waals surface area contributed by atoms with Gasteiger partial charge < -0.3 is 5.21 Å². The van der Waals surface area contributed by atoms with Crippen LogP contribution in [0.2, 0.25) is 0 Å². The average Bonchev–Trinajstić information content (AvgIpc) is 1.62. The second-order valence-corrected chi connectivity index (χ2v) is 3.22. The molecule has 0 saturated carbocycles. The molecule has 0 spiro atoms. The van der Waals surface area contributed by atoms with Crippen LogP contribution in [0, 0.1) is 5.41 Å². The number of halogens is 1. The van der Waals surface area contributed by atoms with Gasteiger partial charge in [-0.1, -0.05) is 20.8 Å². The standard InChI is InChI=1S/C6H15NO.ClH/c1-5(7-8)6(2,3)4;/h5,7-8H,1-4H3;1H. The summed E-state index contributed by atoms with van der Waals surface area (Å²) < 4.78 is 0. The maximum absolute atomic E-state index is 8.42. The molecule has 3 heteroatoms. The van der Waals surface area contributed by atoms with Crippen molar-refractivity contribution in [3.05, 3.63) is 0 Å². The van der Waals surface area contributed by atoms with Crippen molar-refractivity contribution in [3.63, 3.8) is 0 Å². The summed E-state index contributed by atoms with van der Waals surface area (Å²) in [6, 6.07) is 0.155. The fourth-order valence-electron chi connectivity index (χ4n) is 0.194. The molecule has 58 valence electrons. The molecule has 0 amide bonds. The Kier molecular flexibility index (Phi) is 5.43. The molecule has 0 aliphatic carbocycles. The third-order valence-corrected chi connectivity index (χ3v) is 1.49. The second kappa shape index (κ2) is 4.09. The lowest BCUT2D eigenvalue weighted by molar-refractivity contribution is 0.0816. The zero-order valence-electron chi connectivity index (χ0n) is 6.43. The van der Waals surface area contributed by atoms with Gasteiger partial charge in [-0.05, 0) is 12.3 Å². The largest absolute Gasteiger partial charge is 0.317 e. The highest BCUT2D eigenvalue weighted by molar-refractivity contribution is 5.85. The van der Waals surface area contributed by atoms with Gasteiger partial charge >= 0.3 is 0 Å². The summed E-state index contributed by atoms with van der Waals surface area (Å²) in [7, 11) is 0. The molecular weight excluding hydrogens is 138 g/mol. The fourth-order valence-corrected chi connectivity index (χ4v) is 0.194. The molecule has 2 N–H and O–H groups in total. The number of hydrogen-bond acceptors (Lipinski definition) is 2. The van der Waals surface area contributed by atoms with Gasteiger partial charge in [0.15, 0.2) is 0 Å². The smallest absolute Gasteiger partial charge is 0.0339 e. The first kappa shape index (κ1) is 11.9. The maximum atomic E-state index is 8.42. The highest BCUT2D eigenvalue weighted by atomic mass is 35.5. The van der Waals surface area contributed by atoms with Crippen LogP contribution in [0.5, 0.6) is 0 Å². The Morgan fingerprint density at radius 3 is 1.67 bits per heavy atom. The Bertz CT molecular complexity index is 69.9. The summed E-state index contributed by atoms with van der Waals surface area (Å²) in [6.45, 7) is 8.16. The molecule has 0 rings (SSSR count). The van der Waals surface area contributed by atoms with E-state index in [1.165, 1.54) is 0 Å². The Balaban J connectivity index is 0. The molecule has 0 aromatic carbocycles. The summed E-state index contributed by atoms with van der Waals surface area (Å²) in [4.78, 5) is 0. The highest BCUT2D eigenvalue weighted by Crippen LogP contribution is 2.17. The van der Waals surface area contributed by atoms with Gasteiger partial charge in [-0.25, -0.2) is 5.48 Å². The summed E-state index contributed by atoms with van der Waals surface area (Å²) in [5, 5.41) is 8.42. The van der Waals surface area contributed by atoms with Gasteiger partial charge in [-0.15, -0.1) is 12.4 Å². The Morgan fingerprint density at radius 2 is 1.67 bits per heavy atom. The van der Waals surface area contributed by atoms with Crippen LogP contribution in [-0.2, 0) is 0 Å². The van der Waals surface area contributed by atoms with E-state index in [0.717, 1.165) is 0 Å². The molecule has 0 fully saturated rings. The van der Waals surface area contributed by atoms with Crippen molar-refractivity contribution in [1.82, 2.24) is 5.48 Å². The number of rotatable bonds is 1. The van der Waals surface area contributed by atoms with Crippen LogP contribution < -0.4 is 5.48 Å². The lowest BCUT2D eigenvalue weighted by Gasteiger charge is -2.25. The topological polar surface area (TPSA) is 32.3 Å². The monoisotopic (exact) mass is 153 g/mol. The van der Waals surface area contributed by atoms with E-state index < -0.39 is 0 Å². The molecule has 2 nitrogen and oxygen atoms in total. The van der Waals surface area contributed by atoms with E-state index in [-0.39, 0.29) is 23.9 Å². The van der Waals surface area contributed by atoms with Gasteiger partial charge in [-0.2, -0.15) is 0 Å². The minimum atomic E-state index is 0. The first-order valence-corrected chi connectivity index (χ1v) is 2.88. The van der Waals surface area contributed by atoms with E-state index in [1.807, 2.05) is 6.92 Å². The summed E-state index contributed by atoms with van der Waals surface area (Å²) in [5.41, 5.74) is 2.35. The summed E-state index contributed by atoms with van der Waals surface area (Å²) in [6.07, 6.45) is 0. The molecule has 9 heavy (non-hydrogen) atoms. The molecular formula is C6H16ClNO. The van der Waals surface area contributed by atoms with Crippen LogP contribution in [0.25, 0.3) is 0 Å². The quantitative estimate of drug-likeness (QED) is 0.564. The SMILES string of the molecule is CC(NO)C(C)(C)C.Cl. The zero-order chi connectivity index (χ0) is 6.78. The van der Waals surface area contributed by atoms with Crippen LogP contribution >= 0.6 is 12.4 Å². The van der Waals surface area contributed by atoms with Gasteiger partial charge in [0.2, 0.25) is 0 Å².